The second-order valence-corrected chi connectivity index (χ2v) is 4.29. The first-order chi connectivity index (χ1) is 7.29. The highest BCUT2D eigenvalue weighted by Crippen LogP contribution is 2.23. The molecule has 1 aliphatic heterocycles. The Morgan fingerprint density at radius 3 is 2.62 bits per heavy atom. The molecule has 0 aromatic heterocycles. The maximum absolute atomic E-state index is 11.9. The van der Waals surface area contributed by atoms with E-state index in [2.05, 4.69) is 0 Å². The van der Waals surface area contributed by atoms with Crippen LogP contribution in [0.2, 0.25) is 0 Å². The largest absolute Gasteiger partial charge is 0.393 e. The first kappa shape index (κ1) is 13.3. The van der Waals surface area contributed by atoms with E-state index in [0.717, 1.165) is 0 Å². The van der Waals surface area contributed by atoms with Gasteiger partial charge in [-0.05, 0) is 12.3 Å². The Kier molecular flexibility index (Phi) is 4.18. The molecule has 2 unspecified atom stereocenters. The van der Waals surface area contributed by atoms with Gasteiger partial charge in [0, 0.05) is 19.5 Å². The van der Waals surface area contributed by atoms with Gasteiger partial charge >= 0.3 is 6.18 Å². The average Bonchev–Trinajstić information content (AvgIpc) is 2.17. The Morgan fingerprint density at radius 2 is 2.12 bits per heavy atom. The van der Waals surface area contributed by atoms with Gasteiger partial charge in [-0.1, -0.05) is 6.92 Å². The Hall–Kier alpha value is -0.780. The summed E-state index contributed by atoms with van der Waals surface area (Å²) in [5, 5.41) is 9.42. The predicted molar refractivity (Wildman–Crippen MR) is 51.7 cm³/mol. The van der Waals surface area contributed by atoms with Gasteiger partial charge in [-0.3, -0.25) is 4.79 Å². The molecule has 0 aliphatic carbocycles. The lowest BCUT2D eigenvalue weighted by molar-refractivity contribution is -0.151. The summed E-state index contributed by atoms with van der Waals surface area (Å²) in [4.78, 5) is 12.8. The number of aliphatic hydroxyl groups is 1. The summed E-state index contributed by atoms with van der Waals surface area (Å²) in [5.41, 5.74) is 0. The lowest BCUT2D eigenvalue weighted by Gasteiger charge is -2.34. The summed E-state index contributed by atoms with van der Waals surface area (Å²) in [6.45, 7) is 2.48. The number of likely N-dealkylation sites (tertiary alicyclic amines) is 1. The van der Waals surface area contributed by atoms with Crippen molar-refractivity contribution in [3.63, 3.8) is 0 Å². The van der Waals surface area contributed by atoms with Gasteiger partial charge in [0.2, 0.25) is 5.91 Å². The van der Waals surface area contributed by atoms with Gasteiger partial charge in [0.25, 0.3) is 0 Å². The quantitative estimate of drug-likeness (QED) is 0.794. The fourth-order valence-electron chi connectivity index (χ4n) is 1.77. The molecule has 1 N–H and O–H groups in total. The minimum atomic E-state index is -4.28. The number of nitrogens with zero attached hydrogens (tertiary/aromatic N) is 1. The highest BCUT2D eigenvalue weighted by Gasteiger charge is 2.31. The van der Waals surface area contributed by atoms with Crippen LogP contribution in [0.5, 0.6) is 0 Å². The number of hydrogen-bond acceptors (Lipinski definition) is 2. The van der Waals surface area contributed by atoms with Gasteiger partial charge < -0.3 is 10.0 Å². The molecule has 2 atom stereocenters. The third-order valence-electron chi connectivity index (χ3n) is 2.84. The topological polar surface area (TPSA) is 40.5 Å². The number of aliphatic hydroxyl groups excluding tert-OH is 1. The number of carbonyl (C=O) groups is 1. The van der Waals surface area contributed by atoms with Crippen LogP contribution in [0.4, 0.5) is 13.2 Å². The molecule has 0 aromatic rings. The summed E-state index contributed by atoms with van der Waals surface area (Å²) in [6, 6.07) is 0. The minimum Gasteiger partial charge on any atom is -0.393 e. The summed E-state index contributed by atoms with van der Waals surface area (Å²) >= 11 is 0. The molecule has 0 saturated carbocycles. The second-order valence-electron chi connectivity index (χ2n) is 4.29. The van der Waals surface area contributed by atoms with Crippen LogP contribution in [-0.4, -0.2) is 41.3 Å². The van der Waals surface area contributed by atoms with Crippen molar-refractivity contribution in [3.05, 3.63) is 0 Å². The highest BCUT2D eigenvalue weighted by atomic mass is 19.4. The Balaban J connectivity index is 2.38. The zero-order valence-corrected chi connectivity index (χ0v) is 9.13. The standard InChI is InChI=1S/C10H16F3NO2/c1-7-6-14(5-3-8(7)15)9(16)2-4-10(11,12)13/h7-8,15H,2-6H2,1H3. The molecule has 0 aromatic carbocycles. The van der Waals surface area contributed by atoms with Crippen molar-refractivity contribution in [2.24, 2.45) is 5.92 Å². The van der Waals surface area contributed by atoms with E-state index < -0.39 is 31.0 Å². The molecule has 1 saturated heterocycles. The minimum absolute atomic E-state index is 0.0661. The van der Waals surface area contributed by atoms with Crippen LogP contribution >= 0.6 is 0 Å². The van der Waals surface area contributed by atoms with Crippen molar-refractivity contribution < 1.29 is 23.1 Å². The van der Waals surface area contributed by atoms with Crippen molar-refractivity contribution in [3.8, 4) is 0 Å². The molecule has 3 nitrogen and oxygen atoms in total. The highest BCUT2D eigenvalue weighted by molar-refractivity contribution is 5.76. The molecule has 1 fully saturated rings. The van der Waals surface area contributed by atoms with Gasteiger partial charge in [0.1, 0.15) is 0 Å². The maximum atomic E-state index is 11.9. The lowest BCUT2D eigenvalue weighted by Crippen LogP contribution is -2.45. The third kappa shape index (κ3) is 4.00. The molecule has 0 radical (unpaired) electrons. The molecule has 16 heavy (non-hydrogen) atoms. The summed E-state index contributed by atoms with van der Waals surface area (Å²) in [7, 11) is 0. The number of amides is 1. The fourth-order valence-corrected chi connectivity index (χ4v) is 1.77. The van der Waals surface area contributed by atoms with E-state index in [4.69, 9.17) is 0 Å². The number of alkyl halides is 3. The number of piperidine rings is 1. The smallest absolute Gasteiger partial charge is 0.389 e. The van der Waals surface area contributed by atoms with E-state index in [1.165, 1.54) is 4.90 Å². The molecule has 0 spiro atoms. The summed E-state index contributed by atoms with van der Waals surface area (Å²) in [6.07, 6.45) is -5.85. The Bertz CT molecular complexity index is 255. The van der Waals surface area contributed by atoms with Crippen LogP contribution in [0.1, 0.15) is 26.2 Å². The monoisotopic (exact) mass is 239 g/mol. The average molecular weight is 239 g/mol. The molecule has 94 valence electrons. The van der Waals surface area contributed by atoms with Crippen molar-refractivity contribution in [1.82, 2.24) is 4.90 Å². The first-order valence-electron chi connectivity index (χ1n) is 5.32. The normalized spacial score (nSPS) is 26.9. The van der Waals surface area contributed by atoms with Gasteiger partial charge in [-0.25, -0.2) is 0 Å². The van der Waals surface area contributed by atoms with Crippen molar-refractivity contribution in [1.29, 1.82) is 0 Å². The van der Waals surface area contributed by atoms with Crippen molar-refractivity contribution in [2.75, 3.05) is 13.1 Å². The zero-order valence-electron chi connectivity index (χ0n) is 9.13. The van der Waals surface area contributed by atoms with Crippen LogP contribution < -0.4 is 0 Å². The van der Waals surface area contributed by atoms with E-state index >= 15 is 0 Å². The van der Waals surface area contributed by atoms with Gasteiger partial charge in [0.05, 0.1) is 12.5 Å². The van der Waals surface area contributed by atoms with E-state index in [-0.39, 0.29) is 5.92 Å². The van der Waals surface area contributed by atoms with Gasteiger partial charge in [0.15, 0.2) is 0 Å². The van der Waals surface area contributed by atoms with Crippen molar-refractivity contribution >= 4 is 5.91 Å². The summed E-state index contributed by atoms with van der Waals surface area (Å²) in [5.74, 6) is -0.542. The van der Waals surface area contributed by atoms with Crippen LogP contribution in [-0.2, 0) is 4.79 Å². The molecule has 1 amide bonds. The number of halogens is 3. The fraction of sp³-hybridized carbons (Fsp3) is 0.900. The molecule has 6 heteroatoms. The van der Waals surface area contributed by atoms with Gasteiger partial charge in [-0.2, -0.15) is 13.2 Å². The predicted octanol–water partition coefficient (Wildman–Crippen LogP) is 1.56. The summed E-state index contributed by atoms with van der Waals surface area (Å²) < 4.78 is 35.7. The molecule has 0 bridgehead atoms. The second kappa shape index (κ2) is 5.03. The lowest BCUT2D eigenvalue weighted by atomic mass is 9.96. The molecule has 1 heterocycles. The Labute approximate surface area is 92.2 Å². The first-order valence-corrected chi connectivity index (χ1v) is 5.32. The SMILES string of the molecule is CC1CN(C(=O)CCC(F)(F)F)CCC1O. The van der Waals surface area contributed by atoms with Crippen LogP contribution in [0.25, 0.3) is 0 Å². The van der Waals surface area contributed by atoms with Gasteiger partial charge in [-0.15, -0.1) is 0 Å². The van der Waals surface area contributed by atoms with E-state index in [9.17, 15) is 23.1 Å². The zero-order chi connectivity index (χ0) is 12.3. The molecular formula is C10H16F3NO2. The van der Waals surface area contributed by atoms with E-state index in [1.54, 1.807) is 6.92 Å². The molecule has 1 rings (SSSR count). The van der Waals surface area contributed by atoms with Crippen LogP contribution in [0, 0.1) is 5.92 Å². The maximum Gasteiger partial charge on any atom is 0.389 e. The van der Waals surface area contributed by atoms with Crippen LogP contribution in [0.15, 0.2) is 0 Å². The number of hydrogen-bond donors (Lipinski definition) is 1. The van der Waals surface area contributed by atoms with E-state index in [0.29, 0.717) is 19.5 Å². The van der Waals surface area contributed by atoms with E-state index in [1.807, 2.05) is 0 Å². The van der Waals surface area contributed by atoms with Crippen LogP contribution in [0.3, 0.4) is 0 Å². The molecule has 1 aliphatic rings. The van der Waals surface area contributed by atoms with Crippen molar-refractivity contribution in [2.45, 2.75) is 38.5 Å². The molecular weight excluding hydrogens is 223 g/mol. The Morgan fingerprint density at radius 1 is 1.50 bits per heavy atom. The number of rotatable bonds is 2. The number of carbonyl (C=O) groups excluding carboxylic acids is 1. The third-order valence-corrected chi connectivity index (χ3v) is 2.84.